The third-order valence-corrected chi connectivity index (χ3v) is 1.36. The molecule has 0 N–H and O–H groups in total. The number of rotatable bonds is 6. The van der Waals surface area contributed by atoms with Crippen molar-refractivity contribution in [2.24, 2.45) is 0 Å². The van der Waals surface area contributed by atoms with Crippen molar-refractivity contribution in [2.45, 2.75) is 6.92 Å². The van der Waals surface area contributed by atoms with E-state index in [4.69, 9.17) is 9.47 Å². The largest absolute Gasteiger partial charge is 0.356 e. The Morgan fingerprint density at radius 2 is 2.00 bits per heavy atom. The quantitative estimate of drug-likeness (QED) is 0.348. The fourth-order valence-electron chi connectivity index (χ4n) is 0.685. The highest BCUT2D eigenvalue weighted by Gasteiger charge is 2.08. The van der Waals surface area contributed by atoms with E-state index in [1.54, 1.807) is 14.1 Å². The molecule has 0 radical (unpaired) electrons. The molecule has 0 aromatic heterocycles. The van der Waals surface area contributed by atoms with Crippen LogP contribution in [0.25, 0.3) is 0 Å². The van der Waals surface area contributed by atoms with Crippen molar-refractivity contribution in [3.63, 3.8) is 0 Å². The third kappa shape index (κ3) is 5.38. The molecule has 0 atom stereocenters. The minimum absolute atomic E-state index is 0.114. The van der Waals surface area contributed by atoms with E-state index in [1.807, 2.05) is 6.92 Å². The van der Waals surface area contributed by atoms with E-state index in [-0.39, 0.29) is 19.3 Å². The molecular formula is C9H17NO3. The van der Waals surface area contributed by atoms with Gasteiger partial charge in [-0.05, 0) is 6.92 Å². The smallest absolute Gasteiger partial charge is 0.251 e. The average Bonchev–Trinajstić information content (AvgIpc) is 2.10. The van der Waals surface area contributed by atoms with Crippen molar-refractivity contribution in [3.8, 4) is 0 Å². The maximum absolute atomic E-state index is 11.2. The summed E-state index contributed by atoms with van der Waals surface area (Å²) in [7, 11) is 3.35. The first-order valence-electron chi connectivity index (χ1n) is 4.14. The van der Waals surface area contributed by atoms with Gasteiger partial charge in [-0.15, -0.1) is 0 Å². The van der Waals surface area contributed by atoms with Gasteiger partial charge in [0, 0.05) is 26.3 Å². The summed E-state index contributed by atoms with van der Waals surface area (Å²) < 4.78 is 9.97. The number of carbonyl (C=O) groups is 1. The van der Waals surface area contributed by atoms with E-state index in [0.29, 0.717) is 12.2 Å². The third-order valence-electron chi connectivity index (χ3n) is 1.36. The molecule has 0 aliphatic carbocycles. The van der Waals surface area contributed by atoms with Gasteiger partial charge >= 0.3 is 0 Å². The number of likely N-dealkylation sites (N-methyl/N-ethyl adjacent to an activating group) is 1. The van der Waals surface area contributed by atoms with Crippen molar-refractivity contribution in [1.82, 2.24) is 4.90 Å². The number of hydrogen-bond donors (Lipinski definition) is 0. The van der Waals surface area contributed by atoms with Crippen LogP contribution >= 0.6 is 0 Å². The molecule has 4 heteroatoms. The van der Waals surface area contributed by atoms with Gasteiger partial charge in [-0.1, -0.05) is 6.58 Å². The first-order valence-corrected chi connectivity index (χ1v) is 4.14. The highest BCUT2D eigenvalue weighted by molar-refractivity contribution is 5.92. The molecule has 4 nitrogen and oxygen atoms in total. The summed E-state index contributed by atoms with van der Waals surface area (Å²) in [4.78, 5) is 12.7. The maximum atomic E-state index is 11.2. The Balaban J connectivity index is 3.57. The van der Waals surface area contributed by atoms with Gasteiger partial charge < -0.3 is 14.4 Å². The molecule has 0 aliphatic heterocycles. The van der Waals surface area contributed by atoms with Gasteiger partial charge in [0.05, 0.1) is 6.61 Å². The topological polar surface area (TPSA) is 38.8 Å². The monoisotopic (exact) mass is 187 g/mol. The van der Waals surface area contributed by atoms with E-state index in [2.05, 4.69) is 6.58 Å². The molecular weight excluding hydrogens is 170 g/mol. The Morgan fingerprint density at radius 3 is 2.46 bits per heavy atom. The first kappa shape index (κ1) is 12.1. The van der Waals surface area contributed by atoms with Crippen molar-refractivity contribution in [1.29, 1.82) is 0 Å². The zero-order chi connectivity index (χ0) is 10.3. The van der Waals surface area contributed by atoms with Crippen molar-refractivity contribution in [2.75, 3.05) is 34.1 Å². The molecule has 0 unspecified atom stereocenters. The zero-order valence-corrected chi connectivity index (χ0v) is 8.50. The Bertz CT molecular complexity index is 178. The predicted octanol–water partition coefficient (Wildman–Crippen LogP) is 0.641. The predicted molar refractivity (Wildman–Crippen MR) is 50.3 cm³/mol. The normalized spacial score (nSPS) is 9.77. The van der Waals surface area contributed by atoms with Crippen LogP contribution in [0.15, 0.2) is 12.2 Å². The summed E-state index contributed by atoms with van der Waals surface area (Å²) >= 11 is 0. The number of hydrogen-bond acceptors (Lipinski definition) is 3. The summed E-state index contributed by atoms with van der Waals surface area (Å²) in [5.41, 5.74) is 0.435. The number of carbonyl (C=O) groups excluding carboxylic acids is 1. The van der Waals surface area contributed by atoms with Crippen LogP contribution in [0.4, 0.5) is 0 Å². The zero-order valence-electron chi connectivity index (χ0n) is 8.50. The van der Waals surface area contributed by atoms with Gasteiger partial charge in [0.25, 0.3) is 5.91 Å². The summed E-state index contributed by atoms with van der Waals surface area (Å²) in [6.45, 7) is 6.51. The Labute approximate surface area is 79.1 Å². The van der Waals surface area contributed by atoms with Gasteiger partial charge in [-0.3, -0.25) is 4.79 Å². The van der Waals surface area contributed by atoms with Crippen LogP contribution in [0.1, 0.15) is 6.92 Å². The molecule has 0 aromatic rings. The van der Waals surface area contributed by atoms with Crippen LogP contribution in [0.3, 0.4) is 0 Å². The lowest BCUT2D eigenvalue weighted by Crippen LogP contribution is -2.25. The van der Waals surface area contributed by atoms with Crippen LogP contribution < -0.4 is 0 Å². The Hall–Kier alpha value is -0.870. The Kier molecular flexibility index (Phi) is 6.18. The molecule has 0 spiro atoms. The van der Waals surface area contributed by atoms with Crippen molar-refractivity contribution in [3.05, 3.63) is 12.2 Å². The van der Waals surface area contributed by atoms with Gasteiger partial charge in [-0.25, -0.2) is 0 Å². The fraction of sp³-hybridized carbons (Fsp3) is 0.667. The van der Waals surface area contributed by atoms with Crippen LogP contribution in [0.2, 0.25) is 0 Å². The summed E-state index contributed by atoms with van der Waals surface area (Å²) in [5.74, 6) is -0.114. The van der Waals surface area contributed by atoms with E-state index >= 15 is 0 Å². The highest BCUT2D eigenvalue weighted by Crippen LogP contribution is 1.96. The lowest BCUT2D eigenvalue weighted by atomic mass is 10.3. The number of ether oxygens (including phenoxy) is 2. The van der Waals surface area contributed by atoms with E-state index in [9.17, 15) is 4.79 Å². The lowest BCUT2D eigenvalue weighted by Gasteiger charge is -2.12. The molecule has 0 rings (SSSR count). The second-order valence-electron chi connectivity index (χ2n) is 2.76. The van der Waals surface area contributed by atoms with Crippen LogP contribution in [0.5, 0.6) is 0 Å². The van der Waals surface area contributed by atoms with E-state index < -0.39 is 0 Å². The molecule has 0 saturated carbocycles. The molecule has 76 valence electrons. The summed E-state index contributed by atoms with van der Waals surface area (Å²) in [6, 6.07) is 0. The van der Waals surface area contributed by atoms with Gasteiger partial charge in [-0.2, -0.15) is 0 Å². The van der Waals surface area contributed by atoms with Crippen LogP contribution in [-0.4, -0.2) is 44.9 Å². The van der Waals surface area contributed by atoms with Gasteiger partial charge in [0.2, 0.25) is 0 Å². The molecule has 13 heavy (non-hydrogen) atoms. The van der Waals surface area contributed by atoms with Crippen molar-refractivity contribution < 1.29 is 14.3 Å². The van der Waals surface area contributed by atoms with Crippen molar-refractivity contribution >= 4 is 5.91 Å². The first-order chi connectivity index (χ1) is 6.09. The molecule has 0 saturated heterocycles. The highest BCUT2D eigenvalue weighted by atomic mass is 16.7. The number of nitrogens with zero attached hydrogens (tertiary/aromatic N) is 1. The molecule has 0 bridgehead atoms. The standard InChI is InChI=1S/C9H17NO3/c1-5-12-7-13-6-8(2)9(11)10(3)4/h2,5-7H2,1,3-4H3. The molecule has 0 aromatic carbocycles. The molecule has 0 aliphatic rings. The minimum Gasteiger partial charge on any atom is -0.356 e. The lowest BCUT2D eigenvalue weighted by molar-refractivity contribution is -0.126. The minimum atomic E-state index is -0.114. The van der Waals surface area contributed by atoms with Crippen LogP contribution in [0, 0.1) is 0 Å². The van der Waals surface area contributed by atoms with Crippen LogP contribution in [-0.2, 0) is 14.3 Å². The Morgan fingerprint density at radius 1 is 1.38 bits per heavy atom. The second kappa shape index (κ2) is 6.62. The van der Waals surface area contributed by atoms with E-state index in [1.165, 1.54) is 4.90 Å². The fourth-order valence-corrected chi connectivity index (χ4v) is 0.685. The summed E-state index contributed by atoms with van der Waals surface area (Å²) in [6.07, 6.45) is 0. The average molecular weight is 187 g/mol. The van der Waals surface area contributed by atoms with Gasteiger partial charge in [0.1, 0.15) is 6.79 Å². The molecule has 0 heterocycles. The second-order valence-corrected chi connectivity index (χ2v) is 2.76. The maximum Gasteiger partial charge on any atom is 0.251 e. The summed E-state index contributed by atoms with van der Waals surface area (Å²) in [5, 5.41) is 0. The number of amides is 1. The van der Waals surface area contributed by atoms with E-state index in [0.717, 1.165) is 0 Å². The molecule has 1 amide bonds. The molecule has 0 fully saturated rings. The SMILES string of the molecule is C=C(COCOCC)C(=O)N(C)C. The van der Waals surface area contributed by atoms with Gasteiger partial charge in [0.15, 0.2) is 0 Å².